The Hall–Kier alpha value is -1.43. The highest BCUT2D eigenvalue weighted by atomic mass is 79.9. The lowest BCUT2D eigenvalue weighted by atomic mass is 9.95. The van der Waals surface area contributed by atoms with E-state index in [1.807, 2.05) is 0 Å². The molecule has 88 valence electrons. The summed E-state index contributed by atoms with van der Waals surface area (Å²) in [5, 5.41) is 2.09. The molecule has 1 aromatic carbocycles. The Morgan fingerprint density at radius 2 is 2.18 bits per heavy atom. The summed E-state index contributed by atoms with van der Waals surface area (Å²) in [5.41, 5.74) is -0.445. The van der Waals surface area contributed by atoms with Crippen molar-refractivity contribution in [2.75, 3.05) is 0 Å². The van der Waals surface area contributed by atoms with Crippen LogP contribution in [0, 0.1) is 5.82 Å². The zero-order valence-corrected chi connectivity index (χ0v) is 10.1. The fourth-order valence-electron chi connectivity index (χ4n) is 2.42. The maximum Gasteiger partial charge on any atom is 0.415 e. The van der Waals surface area contributed by atoms with E-state index in [1.165, 1.54) is 6.07 Å². The molecule has 1 heterocycles. The van der Waals surface area contributed by atoms with Gasteiger partial charge in [0.25, 0.3) is 5.91 Å². The minimum Gasteiger partial charge on any atom is -0.427 e. The Bertz CT molecular complexity index is 560. The number of nitrogens with one attached hydrogen (secondary N) is 1. The maximum atomic E-state index is 13.8. The molecule has 3 rings (SSSR count). The summed E-state index contributed by atoms with van der Waals surface area (Å²) in [5.74, 6) is -0.905. The molecule has 0 aromatic heterocycles. The van der Waals surface area contributed by atoms with Gasteiger partial charge in [-0.15, -0.1) is 0 Å². The molecule has 17 heavy (non-hydrogen) atoms. The lowest BCUT2D eigenvalue weighted by molar-refractivity contribution is -0.131. The summed E-state index contributed by atoms with van der Waals surface area (Å²) < 4.78 is 19.3. The second kappa shape index (κ2) is 3.29. The van der Waals surface area contributed by atoms with E-state index in [2.05, 4.69) is 21.2 Å². The fourth-order valence-corrected chi connectivity index (χ4v) is 2.79. The third-order valence-electron chi connectivity index (χ3n) is 3.21. The van der Waals surface area contributed by atoms with Gasteiger partial charge in [-0.1, -0.05) is 6.07 Å². The number of benzene rings is 1. The number of ether oxygens (including phenoxy) is 1. The van der Waals surface area contributed by atoms with Gasteiger partial charge in [-0.25, -0.2) is 9.18 Å². The minimum absolute atomic E-state index is 0.285. The van der Waals surface area contributed by atoms with Crippen molar-refractivity contribution in [2.24, 2.45) is 0 Å². The molecule has 2 amide bonds. The van der Waals surface area contributed by atoms with Crippen molar-refractivity contribution in [3.8, 4) is 0 Å². The summed E-state index contributed by atoms with van der Waals surface area (Å²) in [7, 11) is 0. The molecule has 0 unspecified atom stereocenters. The third-order valence-corrected chi connectivity index (χ3v) is 3.82. The van der Waals surface area contributed by atoms with E-state index in [1.54, 1.807) is 6.07 Å². The van der Waals surface area contributed by atoms with Crippen molar-refractivity contribution < 1.29 is 18.7 Å². The quantitative estimate of drug-likeness (QED) is 0.797. The number of halogens is 2. The Balaban J connectivity index is 2.20. The Morgan fingerprint density at radius 1 is 1.41 bits per heavy atom. The topological polar surface area (TPSA) is 55.4 Å². The number of alkyl carbamates (subject to hydrolysis) is 1. The molecule has 0 saturated carbocycles. The van der Waals surface area contributed by atoms with Gasteiger partial charge in [0.15, 0.2) is 0 Å². The fraction of sp³-hybridized carbons (Fsp3) is 0.273. The van der Waals surface area contributed by atoms with Crippen LogP contribution in [0.1, 0.15) is 17.5 Å². The first kappa shape index (κ1) is 10.7. The number of fused-ring (bicyclic) bond motifs is 2. The summed E-state index contributed by atoms with van der Waals surface area (Å²) in [6.45, 7) is 0. The predicted octanol–water partition coefficient (Wildman–Crippen LogP) is 2.00. The Kier molecular flexibility index (Phi) is 2.07. The average Bonchev–Trinajstić information content (AvgIpc) is 2.77. The summed E-state index contributed by atoms with van der Waals surface area (Å²) in [6.07, 6.45) is -0.111. The molecule has 1 N–H and O–H groups in total. The molecule has 4 nitrogen and oxygen atoms in total. The van der Waals surface area contributed by atoms with Crippen LogP contribution >= 0.6 is 15.9 Å². The van der Waals surface area contributed by atoms with Crippen molar-refractivity contribution in [2.45, 2.75) is 18.4 Å². The number of hydrogen-bond donors (Lipinski definition) is 1. The smallest absolute Gasteiger partial charge is 0.415 e. The zero-order valence-electron chi connectivity index (χ0n) is 8.55. The molecule has 1 aromatic rings. The highest BCUT2D eigenvalue weighted by Gasteiger charge is 2.54. The van der Waals surface area contributed by atoms with Gasteiger partial charge in [0, 0.05) is 12.0 Å². The molecular formula is C11H7BrFNO3. The highest BCUT2D eigenvalue weighted by Crippen LogP contribution is 2.44. The normalized spacial score (nSPS) is 26.0. The molecule has 1 saturated heterocycles. The van der Waals surface area contributed by atoms with Crippen molar-refractivity contribution in [1.29, 1.82) is 0 Å². The first-order valence-electron chi connectivity index (χ1n) is 5.06. The molecule has 0 bridgehead atoms. The third kappa shape index (κ3) is 1.27. The van der Waals surface area contributed by atoms with Crippen LogP contribution in [0.4, 0.5) is 9.18 Å². The van der Waals surface area contributed by atoms with Gasteiger partial charge >= 0.3 is 6.09 Å². The van der Waals surface area contributed by atoms with Gasteiger partial charge in [0.1, 0.15) is 5.82 Å². The van der Waals surface area contributed by atoms with E-state index < -0.39 is 23.4 Å². The largest absolute Gasteiger partial charge is 0.427 e. The van der Waals surface area contributed by atoms with Crippen molar-refractivity contribution in [3.05, 3.63) is 33.5 Å². The maximum absolute atomic E-state index is 13.8. The zero-order chi connectivity index (χ0) is 12.2. The lowest BCUT2D eigenvalue weighted by Crippen LogP contribution is -2.34. The van der Waals surface area contributed by atoms with Crippen LogP contribution in [0.25, 0.3) is 0 Å². The molecule has 1 aliphatic heterocycles. The second-order valence-corrected chi connectivity index (χ2v) is 4.91. The highest BCUT2D eigenvalue weighted by molar-refractivity contribution is 9.10. The predicted molar refractivity (Wildman–Crippen MR) is 58.7 cm³/mol. The van der Waals surface area contributed by atoms with E-state index in [-0.39, 0.29) is 6.42 Å². The van der Waals surface area contributed by atoms with Gasteiger partial charge in [0.2, 0.25) is 5.60 Å². The molecule has 1 fully saturated rings. The average molecular weight is 300 g/mol. The van der Waals surface area contributed by atoms with Gasteiger partial charge in [-0.05, 0) is 34.0 Å². The van der Waals surface area contributed by atoms with Crippen molar-refractivity contribution >= 4 is 27.9 Å². The van der Waals surface area contributed by atoms with Crippen LogP contribution in [-0.4, -0.2) is 12.0 Å². The molecule has 6 heteroatoms. The number of imide groups is 1. The van der Waals surface area contributed by atoms with Crippen LogP contribution in [0.2, 0.25) is 0 Å². The van der Waals surface area contributed by atoms with Crippen molar-refractivity contribution in [3.63, 3.8) is 0 Å². The van der Waals surface area contributed by atoms with E-state index in [0.717, 1.165) is 0 Å². The van der Waals surface area contributed by atoms with E-state index in [4.69, 9.17) is 4.74 Å². The Labute approximate surface area is 104 Å². The minimum atomic E-state index is -1.33. The van der Waals surface area contributed by atoms with Gasteiger partial charge in [0.05, 0.1) is 4.47 Å². The molecule has 1 spiro atoms. The SMILES string of the molecule is O=C1NC(=O)[C@@]2(CCc3c2ccc(Br)c3F)O1. The first-order valence-corrected chi connectivity index (χ1v) is 5.86. The molecule has 2 aliphatic rings. The van der Waals surface area contributed by atoms with E-state index in [0.29, 0.717) is 22.0 Å². The number of carbonyl (C=O) groups is 2. The summed E-state index contributed by atoms with van der Waals surface area (Å²) >= 11 is 3.09. The summed E-state index contributed by atoms with van der Waals surface area (Å²) in [4.78, 5) is 22.9. The molecule has 1 aliphatic carbocycles. The van der Waals surface area contributed by atoms with Crippen LogP contribution < -0.4 is 5.32 Å². The standard InChI is InChI=1S/C11H7BrFNO3/c12-7-2-1-6-5(8(7)13)3-4-11(6)9(15)14-10(16)17-11/h1-2H,3-4H2,(H,14,15,16)/t11-/m0/s1. The molecule has 0 radical (unpaired) electrons. The van der Waals surface area contributed by atoms with Crippen LogP contribution in [0.3, 0.4) is 0 Å². The van der Waals surface area contributed by atoms with Gasteiger partial charge < -0.3 is 4.74 Å². The van der Waals surface area contributed by atoms with E-state index in [9.17, 15) is 14.0 Å². The lowest BCUT2D eigenvalue weighted by Gasteiger charge is -2.19. The number of amides is 2. The summed E-state index contributed by atoms with van der Waals surface area (Å²) in [6, 6.07) is 3.13. The van der Waals surface area contributed by atoms with Crippen molar-refractivity contribution in [1.82, 2.24) is 5.32 Å². The number of hydrogen-bond acceptors (Lipinski definition) is 3. The second-order valence-electron chi connectivity index (χ2n) is 4.06. The van der Waals surface area contributed by atoms with Crippen LogP contribution in [0.15, 0.2) is 16.6 Å². The Morgan fingerprint density at radius 3 is 2.82 bits per heavy atom. The molecule has 1 atom stereocenters. The van der Waals surface area contributed by atoms with Crippen LogP contribution in [0.5, 0.6) is 0 Å². The number of rotatable bonds is 0. The first-order chi connectivity index (χ1) is 8.04. The number of carbonyl (C=O) groups excluding carboxylic acids is 2. The van der Waals surface area contributed by atoms with E-state index >= 15 is 0 Å². The molecular weight excluding hydrogens is 293 g/mol. The monoisotopic (exact) mass is 299 g/mol. The van der Waals surface area contributed by atoms with Gasteiger partial charge in [-0.2, -0.15) is 0 Å². The van der Waals surface area contributed by atoms with Crippen LogP contribution in [-0.2, 0) is 21.6 Å². The van der Waals surface area contributed by atoms with Gasteiger partial charge in [-0.3, -0.25) is 10.1 Å².